The number of alkyl carbamates (subject to hydrolysis) is 1. The Balaban J connectivity index is 1.79. The minimum Gasteiger partial charge on any atom is -0.453 e. The molecule has 1 atom stereocenters. The van der Waals surface area contributed by atoms with E-state index in [4.69, 9.17) is 0 Å². The number of piperidine rings is 1. The van der Waals surface area contributed by atoms with Crippen molar-refractivity contribution in [3.8, 4) is 0 Å². The van der Waals surface area contributed by atoms with Crippen molar-refractivity contribution >= 4 is 12.0 Å². The number of nitrogens with one attached hydrogen (secondary N) is 1. The summed E-state index contributed by atoms with van der Waals surface area (Å²) < 4.78 is 4.52. The van der Waals surface area contributed by atoms with Gasteiger partial charge in [0.05, 0.1) is 7.11 Å². The molecule has 0 unspecified atom stereocenters. The number of carbonyl (C=O) groups excluding carboxylic acids is 2. The number of benzene rings is 1. The van der Waals surface area contributed by atoms with Gasteiger partial charge in [-0.25, -0.2) is 4.79 Å². The lowest BCUT2D eigenvalue weighted by atomic mass is 9.90. The summed E-state index contributed by atoms with van der Waals surface area (Å²) >= 11 is 0. The highest BCUT2D eigenvalue weighted by molar-refractivity contribution is 5.85. The predicted molar refractivity (Wildman–Crippen MR) is 84.5 cm³/mol. The monoisotopic (exact) mass is 304 g/mol. The predicted octanol–water partition coefficient (Wildman–Crippen LogP) is 2.21. The Morgan fingerprint density at radius 3 is 2.50 bits per heavy atom. The lowest BCUT2D eigenvalue weighted by molar-refractivity contribution is -0.134. The normalized spacial score (nSPS) is 16.9. The Labute approximate surface area is 131 Å². The van der Waals surface area contributed by atoms with Gasteiger partial charge in [-0.15, -0.1) is 0 Å². The molecule has 1 fully saturated rings. The minimum atomic E-state index is -0.570. The molecular formula is C17H24N2O3. The second-order valence-corrected chi connectivity index (χ2v) is 5.82. The van der Waals surface area contributed by atoms with Gasteiger partial charge in [0.1, 0.15) is 6.04 Å². The maximum atomic E-state index is 12.3. The van der Waals surface area contributed by atoms with E-state index < -0.39 is 12.1 Å². The Morgan fingerprint density at radius 1 is 1.27 bits per heavy atom. The molecule has 0 bridgehead atoms. The molecule has 2 rings (SSSR count). The number of carbonyl (C=O) groups is 2. The molecule has 1 aliphatic heterocycles. The summed E-state index contributed by atoms with van der Waals surface area (Å²) in [6, 6.07) is 9.92. The van der Waals surface area contributed by atoms with Gasteiger partial charge in [-0.1, -0.05) is 30.3 Å². The fraction of sp³-hybridized carbons (Fsp3) is 0.529. The average Bonchev–Trinajstić information content (AvgIpc) is 2.55. The van der Waals surface area contributed by atoms with Crippen LogP contribution in [0.4, 0.5) is 4.79 Å². The van der Waals surface area contributed by atoms with Crippen LogP contribution in [0.1, 0.15) is 25.3 Å². The van der Waals surface area contributed by atoms with Gasteiger partial charge in [0.15, 0.2) is 0 Å². The summed E-state index contributed by atoms with van der Waals surface area (Å²) in [5.41, 5.74) is 1.35. The number of likely N-dealkylation sites (tertiary alicyclic amines) is 1. The number of ether oxygens (including phenoxy) is 1. The van der Waals surface area contributed by atoms with Gasteiger partial charge in [-0.05, 0) is 37.7 Å². The van der Waals surface area contributed by atoms with E-state index in [9.17, 15) is 9.59 Å². The number of nitrogens with zero attached hydrogens (tertiary/aromatic N) is 1. The van der Waals surface area contributed by atoms with Crippen LogP contribution in [0, 0.1) is 5.92 Å². The molecule has 5 nitrogen and oxygen atoms in total. The van der Waals surface area contributed by atoms with Crippen LogP contribution in [0.2, 0.25) is 0 Å². The molecule has 0 saturated carbocycles. The lowest BCUT2D eigenvalue weighted by Gasteiger charge is -2.33. The van der Waals surface area contributed by atoms with E-state index in [1.54, 1.807) is 6.92 Å². The molecule has 0 spiro atoms. The third-order valence-electron chi connectivity index (χ3n) is 4.18. The van der Waals surface area contributed by atoms with Crippen LogP contribution < -0.4 is 5.32 Å². The van der Waals surface area contributed by atoms with Crippen LogP contribution in [0.15, 0.2) is 30.3 Å². The highest BCUT2D eigenvalue weighted by Gasteiger charge is 2.26. The maximum Gasteiger partial charge on any atom is 0.407 e. The zero-order valence-corrected chi connectivity index (χ0v) is 13.2. The summed E-state index contributed by atoms with van der Waals surface area (Å²) in [4.78, 5) is 25.3. The molecule has 1 saturated heterocycles. The second-order valence-electron chi connectivity index (χ2n) is 5.82. The third-order valence-corrected chi connectivity index (χ3v) is 4.18. The third kappa shape index (κ3) is 4.48. The molecule has 0 aromatic heterocycles. The molecule has 2 amide bonds. The van der Waals surface area contributed by atoms with E-state index >= 15 is 0 Å². The molecule has 1 aromatic carbocycles. The zero-order valence-electron chi connectivity index (χ0n) is 13.2. The minimum absolute atomic E-state index is 0.0384. The van der Waals surface area contributed by atoms with Crippen molar-refractivity contribution in [2.45, 2.75) is 32.2 Å². The Hall–Kier alpha value is -2.04. The molecular weight excluding hydrogens is 280 g/mol. The van der Waals surface area contributed by atoms with Crippen molar-refractivity contribution in [1.82, 2.24) is 10.2 Å². The highest BCUT2D eigenvalue weighted by atomic mass is 16.5. The van der Waals surface area contributed by atoms with Gasteiger partial charge >= 0.3 is 6.09 Å². The van der Waals surface area contributed by atoms with Crippen molar-refractivity contribution in [3.05, 3.63) is 35.9 Å². The van der Waals surface area contributed by atoms with Gasteiger partial charge in [0.25, 0.3) is 0 Å². The largest absolute Gasteiger partial charge is 0.453 e. The highest BCUT2D eigenvalue weighted by Crippen LogP contribution is 2.22. The Morgan fingerprint density at radius 2 is 1.91 bits per heavy atom. The smallest absolute Gasteiger partial charge is 0.407 e. The SMILES string of the molecule is COC(=O)N[C@@H](C)C(=O)N1CCC(Cc2ccccc2)CC1. The second kappa shape index (κ2) is 7.82. The van der Waals surface area contributed by atoms with Gasteiger partial charge in [-0.2, -0.15) is 0 Å². The van der Waals surface area contributed by atoms with E-state index in [2.05, 4.69) is 34.3 Å². The summed E-state index contributed by atoms with van der Waals surface area (Å²) in [6.45, 7) is 3.20. The first-order valence-electron chi connectivity index (χ1n) is 7.77. The topological polar surface area (TPSA) is 58.6 Å². The number of hydrogen-bond donors (Lipinski definition) is 1. The molecule has 120 valence electrons. The fourth-order valence-electron chi connectivity index (χ4n) is 2.88. The quantitative estimate of drug-likeness (QED) is 0.928. The zero-order chi connectivity index (χ0) is 15.9. The van der Waals surface area contributed by atoms with Gasteiger partial charge in [0.2, 0.25) is 5.91 Å². The molecule has 0 radical (unpaired) electrons. The molecule has 22 heavy (non-hydrogen) atoms. The Kier molecular flexibility index (Phi) is 5.81. The standard InChI is InChI=1S/C17H24N2O3/c1-13(18-17(21)22-2)16(20)19-10-8-15(9-11-19)12-14-6-4-3-5-7-14/h3-7,13,15H,8-12H2,1-2H3,(H,18,21)/t13-/m0/s1. The first-order chi connectivity index (χ1) is 10.6. The van der Waals surface area contributed by atoms with Gasteiger partial charge < -0.3 is 15.0 Å². The van der Waals surface area contributed by atoms with Gasteiger partial charge in [0, 0.05) is 13.1 Å². The first kappa shape index (κ1) is 16.3. The molecule has 1 N–H and O–H groups in total. The number of rotatable bonds is 4. The molecule has 1 aromatic rings. The fourth-order valence-corrected chi connectivity index (χ4v) is 2.88. The van der Waals surface area contributed by atoms with Crippen LogP contribution in [0.3, 0.4) is 0 Å². The van der Waals surface area contributed by atoms with Crippen LogP contribution >= 0.6 is 0 Å². The van der Waals surface area contributed by atoms with Crippen LogP contribution in [0.5, 0.6) is 0 Å². The van der Waals surface area contributed by atoms with Crippen molar-refractivity contribution in [3.63, 3.8) is 0 Å². The summed E-state index contributed by atoms with van der Waals surface area (Å²) in [6.07, 6.45) is 2.51. The number of amides is 2. The summed E-state index contributed by atoms with van der Waals surface area (Å²) in [5.74, 6) is 0.582. The van der Waals surface area contributed by atoms with Crippen molar-refractivity contribution in [2.75, 3.05) is 20.2 Å². The maximum absolute atomic E-state index is 12.3. The van der Waals surface area contributed by atoms with E-state index in [1.807, 2.05) is 11.0 Å². The number of hydrogen-bond acceptors (Lipinski definition) is 3. The van der Waals surface area contributed by atoms with E-state index in [1.165, 1.54) is 12.7 Å². The first-order valence-corrected chi connectivity index (χ1v) is 7.77. The molecule has 1 aliphatic rings. The Bertz CT molecular complexity index is 496. The van der Waals surface area contributed by atoms with Crippen LogP contribution in [-0.2, 0) is 16.0 Å². The van der Waals surface area contributed by atoms with Crippen molar-refractivity contribution in [2.24, 2.45) is 5.92 Å². The molecule has 0 aliphatic carbocycles. The van der Waals surface area contributed by atoms with Crippen molar-refractivity contribution < 1.29 is 14.3 Å². The van der Waals surface area contributed by atoms with Crippen LogP contribution in [-0.4, -0.2) is 43.1 Å². The average molecular weight is 304 g/mol. The van der Waals surface area contributed by atoms with E-state index in [-0.39, 0.29) is 5.91 Å². The van der Waals surface area contributed by atoms with Gasteiger partial charge in [-0.3, -0.25) is 4.79 Å². The summed E-state index contributed by atoms with van der Waals surface area (Å²) in [5, 5.41) is 2.53. The van der Waals surface area contributed by atoms with Crippen molar-refractivity contribution in [1.29, 1.82) is 0 Å². The lowest BCUT2D eigenvalue weighted by Crippen LogP contribution is -2.49. The molecule has 5 heteroatoms. The van der Waals surface area contributed by atoms with E-state index in [0.29, 0.717) is 5.92 Å². The molecule has 1 heterocycles. The summed E-state index contributed by atoms with van der Waals surface area (Å²) in [7, 11) is 1.29. The number of methoxy groups -OCH3 is 1. The van der Waals surface area contributed by atoms with Crippen LogP contribution in [0.25, 0.3) is 0 Å². The van der Waals surface area contributed by atoms with E-state index in [0.717, 1.165) is 32.4 Å².